The van der Waals surface area contributed by atoms with E-state index in [9.17, 15) is 9.18 Å². The van der Waals surface area contributed by atoms with Crippen LogP contribution in [0.2, 0.25) is 0 Å². The molecule has 4 aromatic rings. The van der Waals surface area contributed by atoms with Crippen molar-refractivity contribution in [3.05, 3.63) is 58.7 Å². The van der Waals surface area contributed by atoms with Crippen LogP contribution in [0.4, 0.5) is 30.9 Å². The van der Waals surface area contributed by atoms with Gasteiger partial charge in [0.1, 0.15) is 30.2 Å². The lowest BCUT2D eigenvalue weighted by Crippen LogP contribution is -2.43. The number of carbonyl (C=O) groups is 1. The zero-order valence-corrected chi connectivity index (χ0v) is 32.5. The summed E-state index contributed by atoms with van der Waals surface area (Å²) in [6.07, 6.45) is 3.49. The number of aromatic nitrogens is 4. The van der Waals surface area contributed by atoms with E-state index in [2.05, 4.69) is 14.7 Å². The maximum Gasteiger partial charge on any atom is 0.324 e. The molecule has 13 nitrogen and oxygen atoms in total. The van der Waals surface area contributed by atoms with Gasteiger partial charge in [0.25, 0.3) is 0 Å². The number of ether oxygens (including phenoxy) is 3. The zero-order chi connectivity index (χ0) is 38.4. The third kappa shape index (κ3) is 7.01. The van der Waals surface area contributed by atoms with Gasteiger partial charge in [-0.15, -0.1) is 0 Å². The van der Waals surface area contributed by atoms with E-state index in [0.29, 0.717) is 75.7 Å². The van der Waals surface area contributed by atoms with Crippen LogP contribution in [0.15, 0.2) is 30.3 Å². The van der Waals surface area contributed by atoms with E-state index >= 15 is 4.39 Å². The van der Waals surface area contributed by atoms with E-state index in [0.717, 1.165) is 71.6 Å². The van der Waals surface area contributed by atoms with Gasteiger partial charge < -0.3 is 28.9 Å². The molecule has 4 aliphatic rings. The zero-order valence-electron chi connectivity index (χ0n) is 32.5. The van der Waals surface area contributed by atoms with Gasteiger partial charge in [0.2, 0.25) is 0 Å². The first-order valence-corrected chi connectivity index (χ1v) is 19.4. The number of alkyl halides is 1. The molecule has 2 atom stereocenters. The Morgan fingerprint density at radius 1 is 1.02 bits per heavy atom. The number of halogens is 2. The van der Waals surface area contributed by atoms with Crippen molar-refractivity contribution in [2.45, 2.75) is 76.8 Å². The summed E-state index contributed by atoms with van der Waals surface area (Å²) < 4.78 is 49.7. The van der Waals surface area contributed by atoms with Gasteiger partial charge in [-0.1, -0.05) is 13.0 Å². The molecular weight excluding hydrogens is 708 g/mol. The highest BCUT2D eigenvalue weighted by Crippen LogP contribution is 2.42. The number of anilines is 3. The number of hydrogen-bond acceptors (Lipinski definition) is 10. The summed E-state index contributed by atoms with van der Waals surface area (Å²) in [5, 5.41) is 6.55. The summed E-state index contributed by atoms with van der Waals surface area (Å²) in [5.74, 6) is 1.81. The van der Waals surface area contributed by atoms with Gasteiger partial charge in [0.05, 0.1) is 30.0 Å². The summed E-state index contributed by atoms with van der Waals surface area (Å²) in [6.45, 7) is 6.76. The second-order valence-electron chi connectivity index (χ2n) is 15.5. The first kappa shape index (κ1) is 37.2. The SMILES string of the molecule is CCc1c(F)ccc2cc(OCOC)cc(N3CCc4c(nc(OC[C@@]56CCCN5C[C@H](F)C6)nc4N4CCCn5nc(N(C)C(=O)N(C)C)cc5C4)C3)c12. The number of amides is 2. The molecule has 0 bridgehead atoms. The van der Waals surface area contributed by atoms with Crippen molar-refractivity contribution in [3.8, 4) is 11.8 Å². The van der Waals surface area contributed by atoms with Gasteiger partial charge in [-0.3, -0.25) is 14.5 Å². The van der Waals surface area contributed by atoms with Crippen LogP contribution in [0, 0.1) is 5.82 Å². The first-order valence-electron chi connectivity index (χ1n) is 19.4. The summed E-state index contributed by atoms with van der Waals surface area (Å²) in [4.78, 5) is 32.8. The molecule has 2 aromatic heterocycles. The minimum Gasteiger partial charge on any atom is -0.467 e. The fourth-order valence-electron chi connectivity index (χ4n) is 9.03. The smallest absolute Gasteiger partial charge is 0.324 e. The predicted octanol–water partition coefficient (Wildman–Crippen LogP) is 5.56. The number of benzene rings is 2. The minimum absolute atomic E-state index is 0.0907. The average molecular weight is 760 g/mol. The molecule has 294 valence electrons. The maximum atomic E-state index is 15.3. The van der Waals surface area contributed by atoms with Crippen LogP contribution in [-0.2, 0) is 37.2 Å². The van der Waals surface area contributed by atoms with Crippen molar-refractivity contribution in [1.29, 1.82) is 0 Å². The quantitative estimate of drug-likeness (QED) is 0.191. The molecule has 15 heteroatoms. The highest BCUT2D eigenvalue weighted by Gasteiger charge is 2.49. The van der Waals surface area contributed by atoms with Gasteiger partial charge in [0, 0.05) is 89.6 Å². The van der Waals surface area contributed by atoms with Crippen LogP contribution >= 0.6 is 0 Å². The van der Waals surface area contributed by atoms with E-state index in [1.807, 2.05) is 29.8 Å². The Morgan fingerprint density at radius 3 is 2.67 bits per heavy atom. The van der Waals surface area contributed by atoms with E-state index in [-0.39, 0.29) is 30.2 Å². The van der Waals surface area contributed by atoms with Crippen molar-refractivity contribution in [2.75, 3.05) is 82.5 Å². The number of nitrogens with zero attached hydrogens (tertiary/aromatic N) is 9. The van der Waals surface area contributed by atoms with Crippen molar-refractivity contribution in [3.63, 3.8) is 0 Å². The maximum absolute atomic E-state index is 15.3. The minimum atomic E-state index is -0.868. The van der Waals surface area contributed by atoms with Crippen LogP contribution in [-0.4, -0.2) is 115 Å². The molecule has 2 saturated heterocycles. The van der Waals surface area contributed by atoms with Crippen LogP contribution in [0.3, 0.4) is 0 Å². The molecule has 0 unspecified atom stereocenters. The van der Waals surface area contributed by atoms with Crippen molar-refractivity contribution < 1.29 is 27.8 Å². The normalized spacial score (nSPS) is 21.0. The molecule has 0 radical (unpaired) electrons. The van der Waals surface area contributed by atoms with Crippen molar-refractivity contribution in [1.82, 2.24) is 29.5 Å². The lowest BCUT2D eigenvalue weighted by atomic mass is 9.95. The average Bonchev–Trinajstić information content (AvgIpc) is 3.81. The predicted molar refractivity (Wildman–Crippen MR) is 206 cm³/mol. The largest absolute Gasteiger partial charge is 0.467 e. The van der Waals surface area contributed by atoms with Crippen molar-refractivity contribution >= 4 is 34.1 Å². The van der Waals surface area contributed by atoms with Gasteiger partial charge >= 0.3 is 12.0 Å². The number of urea groups is 1. The number of fused-ring (bicyclic) bond motifs is 4. The van der Waals surface area contributed by atoms with E-state index in [1.165, 1.54) is 11.0 Å². The second-order valence-corrected chi connectivity index (χ2v) is 15.5. The number of rotatable bonds is 10. The van der Waals surface area contributed by atoms with Gasteiger partial charge in [0.15, 0.2) is 12.6 Å². The highest BCUT2D eigenvalue weighted by molar-refractivity contribution is 5.98. The van der Waals surface area contributed by atoms with Crippen LogP contribution < -0.4 is 24.2 Å². The van der Waals surface area contributed by atoms with Gasteiger partial charge in [-0.05, 0) is 61.7 Å². The van der Waals surface area contributed by atoms with Gasteiger partial charge in [-0.25, -0.2) is 13.6 Å². The number of hydrogen-bond donors (Lipinski definition) is 0. The Morgan fingerprint density at radius 2 is 1.87 bits per heavy atom. The lowest BCUT2D eigenvalue weighted by Gasteiger charge is -2.35. The Hall–Kier alpha value is -4.76. The molecular formula is C40H51F2N9O4. The van der Waals surface area contributed by atoms with E-state index in [1.54, 1.807) is 39.2 Å². The summed E-state index contributed by atoms with van der Waals surface area (Å²) in [6, 6.07) is 9.32. The monoisotopic (exact) mass is 759 g/mol. The molecule has 0 aliphatic carbocycles. The first-order chi connectivity index (χ1) is 26.6. The fourth-order valence-corrected chi connectivity index (χ4v) is 9.03. The summed E-state index contributed by atoms with van der Waals surface area (Å²) >= 11 is 0. The van der Waals surface area contributed by atoms with Crippen LogP contribution in [0.1, 0.15) is 55.1 Å². The third-order valence-corrected chi connectivity index (χ3v) is 11.7. The summed E-state index contributed by atoms with van der Waals surface area (Å²) in [5.41, 5.74) is 4.03. The van der Waals surface area contributed by atoms with Crippen LogP contribution in [0.5, 0.6) is 11.8 Å². The highest BCUT2D eigenvalue weighted by atomic mass is 19.1. The molecule has 0 saturated carbocycles. The molecule has 55 heavy (non-hydrogen) atoms. The number of carbonyl (C=O) groups excluding carboxylic acids is 1. The molecule has 0 N–H and O–H groups in total. The molecule has 4 aliphatic heterocycles. The summed E-state index contributed by atoms with van der Waals surface area (Å²) in [7, 11) is 6.77. The lowest BCUT2D eigenvalue weighted by molar-refractivity contribution is 0.0512. The third-order valence-electron chi connectivity index (χ3n) is 11.7. The number of aryl methyl sites for hydroxylation is 2. The van der Waals surface area contributed by atoms with E-state index < -0.39 is 6.17 Å². The molecule has 6 heterocycles. The molecule has 2 fully saturated rings. The molecule has 2 amide bonds. The molecule has 2 aromatic carbocycles. The fraction of sp³-hybridized carbons (Fsp3) is 0.550. The Balaban J connectivity index is 1.17. The Bertz CT molecular complexity index is 2080. The van der Waals surface area contributed by atoms with Crippen LogP contribution in [0.25, 0.3) is 10.8 Å². The van der Waals surface area contributed by atoms with Crippen molar-refractivity contribution in [2.24, 2.45) is 0 Å². The number of methoxy groups -OCH3 is 1. The Kier molecular flexibility index (Phi) is 10.2. The Labute approximate surface area is 320 Å². The second kappa shape index (κ2) is 15.1. The standard InChI is InChI=1S/C40H51F2N9O4/c1-6-30-32(42)10-9-26-17-29(55-25-53-5)19-34(36(26)30)48-16-11-31-33(23-48)43-38(54-24-40-12-7-14-50(40)21-27(41)20-40)44-37(31)49-13-8-15-51-28(22-49)18-35(45-51)47(4)39(52)46(2)3/h9-10,17-19,27H,6-8,11-16,20-25H2,1-5H3/t27-,40+/m1/s1. The topological polar surface area (TPSA) is 105 Å². The molecule has 0 spiro atoms. The molecule has 8 rings (SSSR count). The van der Waals surface area contributed by atoms with E-state index in [4.69, 9.17) is 29.3 Å². The van der Waals surface area contributed by atoms with Gasteiger partial charge in [-0.2, -0.15) is 15.1 Å².